The van der Waals surface area contributed by atoms with Crippen LogP contribution in [0.15, 0.2) is 12.1 Å². The minimum absolute atomic E-state index is 0.0704. The van der Waals surface area contributed by atoms with Gasteiger partial charge in [-0.2, -0.15) is 4.39 Å². The zero-order valence-corrected chi connectivity index (χ0v) is 10.1. The van der Waals surface area contributed by atoms with Gasteiger partial charge in [0.25, 0.3) is 5.91 Å². The van der Waals surface area contributed by atoms with Gasteiger partial charge >= 0.3 is 5.69 Å². The van der Waals surface area contributed by atoms with E-state index >= 15 is 0 Å². The predicted molar refractivity (Wildman–Crippen MR) is 61.7 cm³/mol. The van der Waals surface area contributed by atoms with Gasteiger partial charge in [-0.05, 0) is 13.0 Å². The maximum absolute atomic E-state index is 13.8. The van der Waals surface area contributed by atoms with Crippen molar-refractivity contribution in [2.45, 2.75) is 6.92 Å². The number of carbonyl (C=O) groups excluding carboxylic acids is 1. The van der Waals surface area contributed by atoms with Gasteiger partial charge in [0, 0.05) is 13.1 Å². The van der Waals surface area contributed by atoms with Gasteiger partial charge in [0.15, 0.2) is 0 Å². The molecule has 1 amide bonds. The van der Waals surface area contributed by atoms with Crippen LogP contribution in [0, 0.1) is 21.7 Å². The summed E-state index contributed by atoms with van der Waals surface area (Å²) >= 11 is 0. The summed E-state index contributed by atoms with van der Waals surface area (Å²) in [5.41, 5.74) is -1.81. The molecule has 0 bridgehead atoms. The SMILES string of the molecule is CCN(CCO)C(=O)c1cc(F)cc([N+](=O)[O-])c1F. The van der Waals surface area contributed by atoms with Crippen LogP contribution in [0.2, 0.25) is 0 Å². The maximum atomic E-state index is 13.8. The number of hydrogen-bond acceptors (Lipinski definition) is 4. The highest BCUT2D eigenvalue weighted by Gasteiger charge is 2.26. The quantitative estimate of drug-likeness (QED) is 0.648. The van der Waals surface area contributed by atoms with Crippen molar-refractivity contribution in [3.8, 4) is 0 Å². The number of benzene rings is 1. The van der Waals surface area contributed by atoms with E-state index in [1.54, 1.807) is 6.92 Å². The molecule has 0 saturated heterocycles. The molecule has 0 fully saturated rings. The van der Waals surface area contributed by atoms with Crippen LogP contribution in [-0.2, 0) is 0 Å². The molecule has 1 aromatic rings. The Balaban J connectivity index is 3.26. The van der Waals surface area contributed by atoms with Gasteiger partial charge in [0.1, 0.15) is 5.82 Å². The molecule has 8 heteroatoms. The van der Waals surface area contributed by atoms with Crippen LogP contribution < -0.4 is 0 Å². The fourth-order valence-corrected chi connectivity index (χ4v) is 1.56. The van der Waals surface area contributed by atoms with E-state index in [9.17, 15) is 23.7 Å². The van der Waals surface area contributed by atoms with E-state index in [4.69, 9.17) is 5.11 Å². The van der Waals surface area contributed by atoms with Crippen molar-refractivity contribution in [1.29, 1.82) is 0 Å². The number of nitro groups is 1. The summed E-state index contributed by atoms with van der Waals surface area (Å²) in [5, 5.41) is 19.3. The van der Waals surface area contributed by atoms with Gasteiger partial charge in [-0.1, -0.05) is 0 Å². The van der Waals surface area contributed by atoms with E-state index < -0.39 is 33.7 Å². The van der Waals surface area contributed by atoms with Crippen LogP contribution in [0.5, 0.6) is 0 Å². The van der Waals surface area contributed by atoms with E-state index in [1.807, 2.05) is 0 Å². The molecular formula is C11H12F2N2O4. The Hall–Kier alpha value is -2.09. The summed E-state index contributed by atoms with van der Waals surface area (Å²) in [5.74, 6) is -3.36. The van der Waals surface area contributed by atoms with Gasteiger partial charge in [-0.3, -0.25) is 14.9 Å². The van der Waals surface area contributed by atoms with Crippen LogP contribution in [0.3, 0.4) is 0 Å². The standard InChI is InChI=1S/C11H12F2N2O4/c1-2-14(3-4-16)11(17)8-5-7(12)6-9(10(8)13)15(18)19/h5-6,16H,2-4H2,1H3. The third-order valence-electron chi connectivity index (χ3n) is 2.48. The molecule has 0 saturated carbocycles. The van der Waals surface area contributed by atoms with Gasteiger partial charge in [0.2, 0.25) is 5.82 Å². The topological polar surface area (TPSA) is 83.7 Å². The number of nitrogens with zero attached hydrogens (tertiary/aromatic N) is 2. The lowest BCUT2D eigenvalue weighted by atomic mass is 10.1. The Morgan fingerprint density at radius 3 is 2.58 bits per heavy atom. The van der Waals surface area contributed by atoms with Gasteiger partial charge in [-0.15, -0.1) is 0 Å². The van der Waals surface area contributed by atoms with Gasteiger partial charge in [0.05, 0.1) is 23.2 Å². The normalized spacial score (nSPS) is 10.3. The van der Waals surface area contributed by atoms with E-state index in [2.05, 4.69) is 0 Å². The molecular weight excluding hydrogens is 262 g/mol. The van der Waals surface area contributed by atoms with Crippen molar-refractivity contribution in [1.82, 2.24) is 4.90 Å². The van der Waals surface area contributed by atoms with Crippen molar-refractivity contribution >= 4 is 11.6 Å². The molecule has 0 aliphatic carbocycles. The molecule has 0 spiro atoms. The first kappa shape index (κ1) is 15.0. The number of halogens is 2. The molecule has 0 aromatic heterocycles. The molecule has 6 nitrogen and oxygen atoms in total. The summed E-state index contributed by atoms with van der Waals surface area (Å²) in [6.07, 6.45) is 0. The largest absolute Gasteiger partial charge is 0.395 e. The maximum Gasteiger partial charge on any atom is 0.308 e. The second-order valence-corrected chi connectivity index (χ2v) is 3.65. The number of likely N-dealkylation sites (N-methyl/N-ethyl adjacent to an activating group) is 1. The molecule has 19 heavy (non-hydrogen) atoms. The first-order chi connectivity index (χ1) is 8.92. The fraction of sp³-hybridized carbons (Fsp3) is 0.364. The molecule has 104 valence electrons. The summed E-state index contributed by atoms with van der Waals surface area (Å²) < 4.78 is 27.0. The minimum atomic E-state index is -1.38. The lowest BCUT2D eigenvalue weighted by molar-refractivity contribution is -0.387. The average molecular weight is 274 g/mol. The number of rotatable bonds is 5. The van der Waals surface area contributed by atoms with E-state index in [0.29, 0.717) is 12.1 Å². The Labute approximate surface area is 107 Å². The number of hydrogen-bond donors (Lipinski definition) is 1. The monoisotopic (exact) mass is 274 g/mol. The van der Waals surface area contributed by atoms with Crippen molar-refractivity contribution in [2.24, 2.45) is 0 Å². The average Bonchev–Trinajstić information content (AvgIpc) is 2.37. The zero-order chi connectivity index (χ0) is 14.6. The number of aliphatic hydroxyl groups excluding tert-OH is 1. The van der Waals surface area contributed by atoms with Crippen LogP contribution in [-0.4, -0.2) is 40.5 Å². The molecule has 0 aliphatic rings. The summed E-state index contributed by atoms with van der Waals surface area (Å²) in [4.78, 5) is 22.4. The van der Waals surface area contributed by atoms with Crippen molar-refractivity contribution in [2.75, 3.05) is 19.7 Å². The highest BCUT2D eigenvalue weighted by Crippen LogP contribution is 2.23. The van der Waals surface area contributed by atoms with Crippen LogP contribution in [0.4, 0.5) is 14.5 Å². The molecule has 0 atom stereocenters. The predicted octanol–water partition coefficient (Wildman–Crippen LogP) is 1.33. The highest BCUT2D eigenvalue weighted by atomic mass is 19.1. The Bertz CT molecular complexity index is 508. The molecule has 0 unspecified atom stereocenters. The number of nitro benzene ring substituents is 1. The first-order valence-electron chi connectivity index (χ1n) is 5.45. The summed E-state index contributed by atoms with van der Waals surface area (Å²) in [6.45, 7) is 1.32. The smallest absolute Gasteiger partial charge is 0.308 e. The van der Waals surface area contributed by atoms with Crippen LogP contribution in [0.25, 0.3) is 0 Å². The number of aliphatic hydroxyl groups is 1. The Morgan fingerprint density at radius 1 is 1.47 bits per heavy atom. The van der Waals surface area contributed by atoms with E-state index in [1.165, 1.54) is 0 Å². The fourth-order valence-electron chi connectivity index (χ4n) is 1.56. The minimum Gasteiger partial charge on any atom is -0.395 e. The Morgan fingerprint density at radius 2 is 2.11 bits per heavy atom. The molecule has 1 N–H and O–H groups in total. The summed E-state index contributed by atoms with van der Waals surface area (Å²) in [6, 6.07) is 1.01. The second kappa shape index (κ2) is 6.19. The Kier molecular flexibility index (Phi) is 4.87. The van der Waals surface area contributed by atoms with Crippen molar-refractivity contribution < 1.29 is 23.6 Å². The van der Waals surface area contributed by atoms with Gasteiger partial charge in [-0.25, -0.2) is 4.39 Å². The highest BCUT2D eigenvalue weighted by molar-refractivity contribution is 5.95. The molecule has 0 radical (unpaired) electrons. The van der Waals surface area contributed by atoms with Crippen molar-refractivity contribution in [3.63, 3.8) is 0 Å². The summed E-state index contributed by atoms with van der Waals surface area (Å²) in [7, 11) is 0. The first-order valence-corrected chi connectivity index (χ1v) is 5.45. The van der Waals surface area contributed by atoms with Crippen LogP contribution >= 0.6 is 0 Å². The lowest BCUT2D eigenvalue weighted by Crippen LogP contribution is -2.34. The lowest BCUT2D eigenvalue weighted by Gasteiger charge is -2.19. The molecule has 0 aliphatic heterocycles. The number of carbonyl (C=O) groups is 1. The van der Waals surface area contributed by atoms with Gasteiger partial charge < -0.3 is 10.0 Å². The second-order valence-electron chi connectivity index (χ2n) is 3.65. The molecule has 1 aromatic carbocycles. The third kappa shape index (κ3) is 3.22. The molecule has 0 heterocycles. The zero-order valence-electron chi connectivity index (χ0n) is 10.1. The van der Waals surface area contributed by atoms with Crippen molar-refractivity contribution in [3.05, 3.63) is 39.4 Å². The number of amides is 1. The molecule has 1 rings (SSSR count). The van der Waals surface area contributed by atoms with Crippen LogP contribution in [0.1, 0.15) is 17.3 Å². The van der Waals surface area contributed by atoms with E-state index in [0.717, 1.165) is 4.90 Å². The third-order valence-corrected chi connectivity index (χ3v) is 2.48. The van der Waals surface area contributed by atoms with E-state index in [-0.39, 0.29) is 19.7 Å².